The molecule has 0 fully saturated rings. The van der Waals surface area contributed by atoms with Crippen molar-refractivity contribution in [2.45, 2.75) is 53.5 Å². The molecule has 0 saturated heterocycles. The molecular formula is C19H23N5O3S. The zero-order valence-corrected chi connectivity index (χ0v) is 17.2. The van der Waals surface area contributed by atoms with E-state index < -0.39 is 4.92 Å². The van der Waals surface area contributed by atoms with Gasteiger partial charge in [0.25, 0.3) is 0 Å². The van der Waals surface area contributed by atoms with Gasteiger partial charge in [-0.2, -0.15) is 9.94 Å². The number of aryl methyl sites for hydroxylation is 1. The van der Waals surface area contributed by atoms with Gasteiger partial charge in [0.1, 0.15) is 17.6 Å². The maximum atomic E-state index is 12.5. The van der Waals surface area contributed by atoms with E-state index in [4.69, 9.17) is 0 Å². The summed E-state index contributed by atoms with van der Waals surface area (Å²) in [4.78, 5) is 23.9. The van der Waals surface area contributed by atoms with Crippen molar-refractivity contribution in [2.75, 3.05) is 5.32 Å². The molecule has 9 heteroatoms. The van der Waals surface area contributed by atoms with E-state index in [9.17, 15) is 20.2 Å². The van der Waals surface area contributed by atoms with Crippen LogP contribution in [0.15, 0.2) is 6.07 Å². The van der Waals surface area contributed by atoms with Crippen LogP contribution in [0.1, 0.15) is 48.9 Å². The normalized spacial score (nSPS) is 16.3. The van der Waals surface area contributed by atoms with Crippen LogP contribution < -0.4 is 5.32 Å². The smallest absolute Gasteiger partial charge is 0.358 e. The number of amides is 1. The lowest BCUT2D eigenvalue weighted by atomic mass is 9.72. The van der Waals surface area contributed by atoms with Crippen molar-refractivity contribution in [1.29, 1.82) is 5.26 Å². The van der Waals surface area contributed by atoms with E-state index in [2.05, 4.69) is 37.3 Å². The van der Waals surface area contributed by atoms with Gasteiger partial charge in [0.05, 0.1) is 22.4 Å². The molecule has 0 radical (unpaired) electrons. The molecule has 0 spiro atoms. The summed E-state index contributed by atoms with van der Waals surface area (Å²) in [5.41, 5.74) is 2.32. The third kappa shape index (κ3) is 3.92. The highest BCUT2D eigenvalue weighted by Gasteiger charge is 2.32. The molecule has 1 N–H and O–H groups in total. The summed E-state index contributed by atoms with van der Waals surface area (Å²) in [6.07, 6.45) is 2.79. The fraction of sp³-hybridized carbons (Fsp3) is 0.526. The van der Waals surface area contributed by atoms with Crippen LogP contribution in [0.5, 0.6) is 0 Å². The number of hydrogen-bond acceptors (Lipinski definition) is 6. The van der Waals surface area contributed by atoms with Crippen molar-refractivity contribution < 1.29 is 9.72 Å². The molecule has 0 aliphatic heterocycles. The van der Waals surface area contributed by atoms with E-state index in [-0.39, 0.29) is 23.7 Å². The predicted octanol–water partition coefficient (Wildman–Crippen LogP) is 3.82. The maximum absolute atomic E-state index is 12.5. The minimum Gasteiger partial charge on any atom is -0.358 e. The third-order valence-electron chi connectivity index (χ3n) is 5.30. The van der Waals surface area contributed by atoms with Crippen molar-refractivity contribution in [1.82, 2.24) is 9.78 Å². The first-order valence-corrected chi connectivity index (χ1v) is 9.95. The van der Waals surface area contributed by atoms with Crippen LogP contribution in [0, 0.1) is 39.7 Å². The standard InChI is InChI=1S/C19H23N5O3S/c1-11-7-16(24(26)27)22-23(11)10-17(25)21-18-14(9-20)13-6-5-12(19(2,3)4)8-15(13)28-18/h7,12H,5-6,8,10H2,1-4H3,(H,21,25). The van der Waals surface area contributed by atoms with Gasteiger partial charge in [-0.15, -0.1) is 11.3 Å². The van der Waals surface area contributed by atoms with Gasteiger partial charge in [-0.3, -0.25) is 4.79 Å². The Kier molecular flexibility index (Phi) is 5.26. The Morgan fingerprint density at radius 1 is 1.54 bits per heavy atom. The number of carbonyl (C=O) groups excluding carboxylic acids is 1. The van der Waals surface area contributed by atoms with Crippen molar-refractivity contribution in [3.8, 4) is 6.07 Å². The van der Waals surface area contributed by atoms with E-state index in [0.29, 0.717) is 22.2 Å². The van der Waals surface area contributed by atoms with Crippen molar-refractivity contribution in [3.05, 3.63) is 37.9 Å². The number of rotatable bonds is 4. The van der Waals surface area contributed by atoms with Crippen LogP contribution in [0.3, 0.4) is 0 Å². The van der Waals surface area contributed by atoms with Crippen molar-refractivity contribution in [2.24, 2.45) is 11.3 Å². The molecule has 0 saturated carbocycles. The Labute approximate surface area is 167 Å². The molecule has 2 aromatic rings. The van der Waals surface area contributed by atoms with Crippen LogP contribution in [-0.4, -0.2) is 20.6 Å². The first-order valence-electron chi connectivity index (χ1n) is 9.13. The summed E-state index contributed by atoms with van der Waals surface area (Å²) in [6, 6.07) is 3.56. The summed E-state index contributed by atoms with van der Waals surface area (Å²) < 4.78 is 1.29. The highest BCUT2D eigenvalue weighted by molar-refractivity contribution is 7.16. The Bertz CT molecular complexity index is 977. The number of hydrogen-bond donors (Lipinski definition) is 1. The van der Waals surface area contributed by atoms with Crippen LogP contribution in [-0.2, 0) is 24.2 Å². The topological polar surface area (TPSA) is 114 Å². The average molecular weight is 401 g/mol. The molecule has 148 valence electrons. The second kappa shape index (κ2) is 7.36. The van der Waals surface area contributed by atoms with Crippen LogP contribution >= 0.6 is 11.3 Å². The SMILES string of the molecule is Cc1cc([N+](=O)[O-])nn1CC(=O)Nc1sc2c(c1C#N)CCC(C(C)(C)C)C2. The van der Waals surface area contributed by atoms with Gasteiger partial charge in [-0.05, 0) is 48.0 Å². The average Bonchev–Trinajstić information content (AvgIpc) is 3.13. The van der Waals surface area contributed by atoms with E-state index in [1.807, 2.05) is 0 Å². The highest BCUT2D eigenvalue weighted by Crippen LogP contribution is 2.43. The molecule has 8 nitrogen and oxygen atoms in total. The molecule has 1 amide bonds. The molecular weight excluding hydrogens is 378 g/mol. The summed E-state index contributed by atoms with van der Waals surface area (Å²) in [7, 11) is 0. The van der Waals surface area contributed by atoms with Crippen LogP contribution in [0.2, 0.25) is 0 Å². The third-order valence-corrected chi connectivity index (χ3v) is 6.47. The number of carbonyl (C=O) groups is 1. The van der Waals surface area contributed by atoms with E-state index in [0.717, 1.165) is 24.8 Å². The second-order valence-electron chi connectivity index (χ2n) is 8.23. The number of nitrogens with one attached hydrogen (secondary N) is 1. The Balaban J connectivity index is 1.78. The predicted molar refractivity (Wildman–Crippen MR) is 106 cm³/mol. The maximum Gasteiger partial charge on any atom is 0.390 e. The van der Waals surface area contributed by atoms with Crippen LogP contribution in [0.25, 0.3) is 0 Å². The number of aromatic nitrogens is 2. The molecule has 1 unspecified atom stereocenters. The number of nitriles is 1. The Morgan fingerprint density at radius 3 is 2.82 bits per heavy atom. The number of nitro groups is 1. The van der Waals surface area contributed by atoms with Gasteiger partial charge in [0.15, 0.2) is 0 Å². The lowest BCUT2D eigenvalue weighted by molar-refractivity contribution is -0.389. The van der Waals surface area contributed by atoms with Crippen LogP contribution in [0.4, 0.5) is 10.8 Å². The minimum atomic E-state index is -0.589. The molecule has 28 heavy (non-hydrogen) atoms. The van der Waals surface area contributed by atoms with Gasteiger partial charge >= 0.3 is 5.82 Å². The van der Waals surface area contributed by atoms with Gasteiger partial charge in [-0.1, -0.05) is 20.8 Å². The van der Waals surface area contributed by atoms with E-state index >= 15 is 0 Å². The summed E-state index contributed by atoms with van der Waals surface area (Å²) in [6.45, 7) is 8.21. The molecule has 1 aliphatic carbocycles. The number of nitrogens with zero attached hydrogens (tertiary/aromatic N) is 4. The molecule has 2 heterocycles. The summed E-state index contributed by atoms with van der Waals surface area (Å²) in [5, 5.41) is 27.6. The highest BCUT2D eigenvalue weighted by atomic mass is 32.1. The Morgan fingerprint density at radius 2 is 2.25 bits per heavy atom. The number of anilines is 1. The summed E-state index contributed by atoms with van der Waals surface area (Å²) >= 11 is 1.47. The van der Waals surface area contributed by atoms with Crippen molar-refractivity contribution in [3.63, 3.8) is 0 Å². The van der Waals surface area contributed by atoms with E-state index in [1.54, 1.807) is 6.92 Å². The lowest BCUT2D eigenvalue weighted by Gasteiger charge is -2.33. The van der Waals surface area contributed by atoms with Gasteiger partial charge in [0.2, 0.25) is 5.91 Å². The van der Waals surface area contributed by atoms with Crippen molar-refractivity contribution >= 4 is 28.1 Å². The largest absolute Gasteiger partial charge is 0.390 e. The van der Waals surface area contributed by atoms with E-state index in [1.165, 1.54) is 27.0 Å². The minimum absolute atomic E-state index is 0.141. The number of thiophene rings is 1. The lowest BCUT2D eigenvalue weighted by Crippen LogP contribution is -2.26. The van der Waals surface area contributed by atoms with Gasteiger partial charge in [-0.25, -0.2) is 0 Å². The fourth-order valence-corrected chi connectivity index (χ4v) is 4.87. The molecule has 1 atom stereocenters. The zero-order valence-electron chi connectivity index (χ0n) is 16.4. The summed E-state index contributed by atoms with van der Waals surface area (Å²) in [5.74, 6) is -0.104. The second-order valence-corrected chi connectivity index (χ2v) is 9.34. The van der Waals surface area contributed by atoms with Gasteiger partial charge in [0, 0.05) is 4.88 Å². The molecule has 2 aromatic heterocycles. The molecule has 1 aliphatic rings. The first-order chi connectivity index (χ1) is 13.1. The molecule has 0 bridgehead atoms. The Hall–Kier alpha value is -2.73. The van der Waals surface area contributed by atoms with Gasteiger partial charge < -0.3 is 15.4 Å². The quantitative estimate of drug-likeness (QED) is 0.618. The number of fused-ring (bicyclic) bond motifs is 1. The molecule has 0 aromatic carbocycles. The monoisotopic (exact) mass is 401 g/mol. The fourth-order valence-electron chi connectivity index (χ4n) is 3.58. The zero-order chi connectivity index (χ0) is 20.6. The molecule has 3 rings (SSSR count). The first kappa shape index (κ1) is 20.0.